The van der Waals surface area contributed by atoms with Crippen molar-refractivity contribution in [3.8, 4) is 0 Å². The highest BCUT2D eigenvalue weighted by Crippen LogP contribution is 2.19. The molecule has 126 valence electrons. The number of carbonyl (C=O) groups is 2. The van der Waals surface area contributed by atoms with Gasteiger partial charge in [0, 0.05) is 42.2 Å². The number of likely N-dealkylation sites (tertiary alicyclic amines) is 1. The first-order chi connectivity index (χ1) is 11.7. The van der Waals surface area contributed by atoms with E-state index in [0.29, 0.717) is 22.6 Å². The number of hydrogen-bond acceptors (Lipinski definition) is 3. The molecule has 0 unspecified atom stereocenters. The highest BCUT2D eigenvalue weighted by Gasteiger charge is 2.24. The first-order valence-corrected chi connectivity index (χ1v) is 8.40. The molecule has 1 aliphatic heterocycles. The second-order valence-electron chi connectivity index (χ2n) is 6.32. The number of rotatable bonds is 5. The second kappa shape index (κ2) is 7.45. The number of hydrogen-bond donors (Lipinski definition) is 2. The summed E-state index contributed by atoms with van der Waals surface area (Å²) in [5.41, 5.74) is 1.86. The maximum atomic E-state index is 12.7. The van der Waals surface area contributed by atoms with Gasteiger partial charge in [0.2, 0.25) is 0 Å². The van der Waals surface area contributed by atoms with Crippen LogP contribution in [0.5, 0.6) is 0 Å². The van der Waals surface area contributed by atoms with Crippen LogP contribution < -0.4 is 5.32 Å². The normalized spacial score (nSPS) is 17.7. The van der Waals surface area contributed by atoms with Crippen molar-refractivity contribution in [2.24, 2.45) is 5.92 Å². The Labute approximate surface area is 142 Å². The summed E-state index contributed by atoms with van der Waals surface area (Å²) in [6.07, 6.45) is 5.61. The average molecular weight is 325 g/mol. The van der Waals surface area contributed by atoms with Crippen LogP contribution in [0.1, 0.15) is 39.1 Å². The van der Waals surface area contributed by atoms with Crippen LogP contribution >= 0.6 is 0 Å². The largest absolute Gasteiger partial charge is 0.367 e. The molecule has 24 heavy (non-hydrogen) atoms. The molecule has 3 rings (SSSR count). The lowest BCUT2D eigenvalue weighted by atomic mass is 9.97. The lowest BCUT2D eigenvalue weighted by molar-refractivity contribution is 0.0674. The molecule has 2 N–H and O–H groups in total. The molecule has 0 saturated carbocycles. The molecule has 5 nitrogen and oxygen atoms in total. The number of carbonyl (C=O) groups excluding carboxylic acids is 2. The Morgan fingerprint density at radius 3 is 2.58 bits per heavy atom. The van der Waals surface area contributed by atoms with Crippen molar-refractivity contribution in [3.63, 3.8) is 0 Å². The minimum absolute atomic E-state index is 0.0395. The van der Waals surface area contributed by atoms with Crippen molar-refractivity contribution in [1.82, 2.24) is 15.2 Å². The maximum absolute atomic E-state index is 12.7. The standard InChI is InChI=1S/C19H23N3O2/c1-20-11-14-3-2-10-22(13-14)19(24)16-6-4-15(5-7-16)18(23)17-8-9-21-12-17/h4-9,12,14,20-21H,2-3,10-11,13H2,1H3/t14-/m0/s1. The predicted octanol–water partition coefficient (Wildman–Crippen LogP) is 2.32. The third-order valence-corrected chi connectivity index (χ3v) is 4.55. The van der Waals surface area contributed by atoms with E-state index in [1.54, 1.807) is 42.7 Å². The topological polar surface area (TPSA) is 65.2 Å². The Morgan fingerprint density at radius 1 is 1.17 bits per heavy atom. The molecule has 2 aromatic rings. The number of aromatic amines is 1. The van der Waals surface area contributed by atoms with E-state index in [2.05, 4.69) is 10.3 Å². The van der Waals surface area contributed by atoms with Gasteiger partial charge in [-0.25, -0.2) is 0 Å². The number of ketones is 1. The van der Waals surface area contributed by atoms with Crippen LogP contribution in [0.4, 0.5) is 0 Å². The van der Waals surface area contributed by atoms with Crippen LogP contribution in [0.3, 0.4) is 0 Å². The summed E-state index contributed by atoms with van der Waals surface area (Å²) in [6.45, 7) is 2.54. The van der Waals surface area contributed by atoms with Gasteiger partial charge in [0.05, 0.1) is 0 Å². The van der Waals surface area contributed by atoms with E-state index >= 15 is 0 Å². The molecule has 1 aromatic carbocycles. The van der Waals surface area contributed by atoms with Crippen molar-refractivity contribution >= 4 is 11.7 Å². The van der Waals surface area contributed by atoms with Crippen molar-refractivity contribution in [3.05, 3.63) is 59.4 Å². The first-order valence-electron chi connectivity index (χ1n) is 8.40. The monoisotopic (exact) mass is 325 g/mol. The van der Waals surface area contributed by atoms with Crippen molar-refractivity contribution in [2.45, 2.75) is 12.8 Å². The Kier molecular flexibility index (Phi) is 5.11. The Morgan fingerprint density at radius 2 is 1.92 bits per heavy atom. The third-order valence-electron chi connectivity index (χ3n) is 4.55. The Hall–Kier alpha value is -2.40. The minimum atomic E-state index is -0.0395. The zero-order valence-electron chi connectivity index (χ0n) is 13.9. The van der Waals surface area contributed by atoms with E-state index in [4.69, 9.17) is 0 Å². The van der Waals surface area contributed by atoms with Gasteiger partial charge in [-0.3, -0.25) is 9.59 Å². The molecule has 1 fully saturated rings. The SMILES string of the molecule is CNC[C@@H]1CCCN(C(=O)c2ccc(C(=O)c3cc[nH]c3)cc2)C1. The molecule has 0 bridgehead atoms. The van der Waals surface area contributed by atoms with E-state index in [0.717, 1.165) is 32.5 Å². The van der Waals surface area contributed by atoms with Gasteiger partial charge in [-0.15, -0.1) is 0 Å². The number of H-pyrrole nitrogens is 1. The maximum Gasteiger partial charge on any atom is 0.253 e. The van der Waals surface area contributed by atoms with Gasteiger partial charge >= 0.3 is 0 Å². The lowest BCUT2D eigenvalue weighted by Crippen LogP contribution is -2.42. The van der Waals surface area contributed by atoms with Gasteiger partial charge in [0.15, 0.2) is 5.78 Å². The number of aromatic nitrogens is 1. The average Bonchev–Trinajstić information content (AvgIpc) is 3.16. The molecule has 1 amide bonds. The summed E-state index contributed by atoms with van der Waals surface area (Å²) >= 11 is 0. The summed E-state index contributed by atoms with van der Waals surface area (Å²) in [5.74, 6) is 0.529. The van der Waals surface area contributed by atoms with Gasteiger partial charge in [0.25, 0.3) is 5.91 Å². The fraction of sp³-hybridized carbons (Fsp3) is 0.368. The number of benzene rings is 1. The van der Waals surface area contributed by atoms with Crippen molar-refractivity contribution in [2.75, 3.05) is 26.7 Å². The molecule has 0 aliphatic carbocycles. The van der Waals surface area contributed by atoms with Crippen molar-refractivity contribution < 1.29 is 9.59 Å². The summed E-state index contributed by atoms with van der Waals surface area (Å²) in [6, 6.07) is 8.72. The number of piperidine rings is 1. The van der Waals surface area contributed by atoms with Crippen LogP contribution in [0, 0.1) is 5.92 Å². The molecule has 5 heteroatoms. The molecular formula is C19H23N3O2. The number of nitrogens with one attached hydrogen (secondary N) is 2. The minimum Gasteiger partial charge on any atom is -0.367 e. The fourth-order valence-electron chi connectivity index (χ4n) is 3.28. The van der Waals surface area contributed by atoms with E-state index in [-0.39, 0.29) is 11.7 Å². The van der Waals surface area contributed by atoms with E-state index < -0.39 is 0 Å². The Balaban J connectivity index is 1.69. The van der Waals surface area contributed by atoms with E-state index in [1.165, 1.54) is 0 Å². The van der Waals surface area contributed by atoms with Crippen LogP contribution in [0.25, 0.3) is 0 Å². The zero-order valence-corrected chi connectivity index (χ0v) is 13.9. The van der Waals surface area contributed by atoms with Crippen molar-refractivity contribution in [1.29, 1.82) is 0 Å². The van der Waals surface area contributed by atoms with Gasteiger partial charge in [-0.1, -0.05) is 12.1 Å². The molecular weight excluding hydrogens is 302 g/mol. The van der Waals surface area contributed by atoms with E-state index in [1.807, 2.05) is 11.9 Å². The molecule has 1 aromatic heterocycles. The summed E-state index contributed by atoms with van der Waals surface area (Å²) < 4.78 is 0. The van der Waals surface area contributed by atoms with Gasteiger partial charge in [0.1, 0.15) is 0 Å². The molecule has 1 aliphatic rings. The predicted molar refractivity (Wildman–Crippen MR) is 93.2 cm³/mol. The van der Waals surface area contributed by atoms with Crippen LogP contribution in [-0.2, 0) is 0 Å². The quantitative estimate of drug-likeness (QED) is 0.829. The van der Waals surface area contributed by atoms with Gasteiger partial charge in [-0.05, 0) is 50.6 Å². The van der Waals surface area contributed by atoms with Crippen LogP contribution in [-0.4, -0.2) is 48.3 Å². The Bertz CT molecular complexity index is 690. The highest BCUT2D eigenvalue weighted by atomic mass is 16.2. The van der Waals surface area contributed by atoms with Crippen LogP contribution in [0.15, 0.2) is 42.7 Å². The molecule has 1 atom stereocenters. The summed E-state index contributed by atoms with van der Waals surface area (Å²) in [7, 11) is 1.95. The van der Waals surface area contributed by atoms with E-state index in [9.17, 15) is 9.59 Å². The van der Waals surface area contributed by atoms with Crippen LogP contribution in [0.2, 0.25) is 0 Å². The summed E-state index contributed by atoms with van der Waals surface area (Å²) in [5, 5.41) is 3.19. The second-order valence-corrected chi connectivity index (χ2v) is 6.32. The smallest absolute Gasteiger partial charge is 0.253 e. The number of nitrogens with zero attached hydrogens (tertiary/aromatic N) is 1. The molecule has 0 spiro atoms. The molecule has 1 saturated heterocycles. The number of amides is 1. The molecule has 0 radical (unpaired) electrons. The fourth-order valence-corrected chi connectivity index (χ4v) is 3.28. The van der Waals surface area contributed by atoms with Gasteiger partial charge < -0.3 is 15.2 Å². The zero-order chi connectivity index (χ0) is 16.9. The third kappa shape index (κ3) is 3.57. The first kappa shape index (κ1) is 16.5. The summed E-state index contributed by atoms with van der Waals surface area (Å²) in [4.78, 5) is 29.8. The molecule has 2 heterocycles. The lowest BCUT2D eigenvalue weighted by Gasteiger charge is -2.32. The highest BCUT2D eigenvalue weighted by molar-refractivity contribution is 6.09. The van der Waals surface area contributed by atoms with Gasteiger partial charge in [-0.2, -0.15) is 0 Å².